The van der Waals surface area contributed by atoms with Gasteiger partial charge in [0.2, 0.25) is 0 Å². The van der Waals surface area contributed by atoms with Gasteiger partial charge in [-0.05, 0) is 42.5 Å². The zero-order chi connectivity index (χ0) is 17.4. The molecule has 2 aromatic carbocycles. The van der Waals surface area contributed by atoms with Crippen LogP contribution in [0.1, 0.15) is 24.4 Å². The molecule has 0 radical (unpaired) electrons. The summed E-state index contributed by atoms with van der Waals surface area (Å²) in [6.07, 6.45) is 2.27. The minimum atomic E-state index is -0.450. The number of nitrogens with zero attached hydrogens (tertiary/aromatic N) is 1. The van der Waals surface area contributed by atoms with Crippen LogP contribution in [0, 0.1) is 16.0 Å². The van der Waals surface area contributed by atoms with Crippen molar-refractivity contribution in [3.63, 3.8) is 0 Å². The molecule has 0 unspecified atom stereocenters. The molecule has 0 aromatic heterocycles. The summed E-state index contributed by atoms with van der Waals surface area (Å²) >= 11 is 6.23. The molecule has 1 heterocycles. The molecule has 7 heteroatoms. The van der Waals surface area contributed by atoms with E-state index in [0.29, 0.717) is 29.8 Å². The second-order valence-electron chi connectivity index (χ2n) is 6.28. The number of fused-ring (bicyclic) bond motifs is 1. The average molecular weight is 361 g/mol. The Kier molecular flexibility index (Phi) is 4.13. The normalized spacial score (nSPS) is 17.0. The van der Waals surface area contributed by atoms with Crippen LogP contribution in [0.3, 0.4) is 0 Å². The van der Waals surface area contributed by atoms with Gasteiger partial charge in [-0.15, -0.1) is 0 Å². The largest absolute Gasteiger partial charge is 0.486 e. The average Bonchev–Trinajstić information content (AvgIpc) is 3.45. The molecule has 1 N–H and O–H groups in total. The van der Waals surface area contributed by atoms with Crippen molar-refractivity contribution in [1.82, 2.24) is 0 Å². The van der Waals surface area contributed by atoms with Crippen molar-refractivity contribution in [2.45, 2.75) is 18.9 Å². The smallest absolute Gasteiger partial charge is 0.271 e. The predicted molar refractivity (Wildman–Crippen MR) is 94.6 cm³/mol. The molecule has 1 fully saturated rings. The number of hydrogen-bond acceptors (Lipinski definition) is 5. The molecule has 0 saturated heterocycles. The summed E-state index contributed by atoms with van der Waals surface area (Å²) in [6, 6.07) is 10.5. The van der Waals surface area contributed by atoms with E-state index in [9.17, 15) is 10.1 Å². The number of benzene rings is 2. The van der Waals surface area contributed by atoms with Crippen molar-refractivity contribution in [2.75, 3.05) is 18.5 Å². The van der Waals surface area contributed by atoms with Gasteiger partial charge in [0.25, 0.3) is 5.69 Å². The Morgan fingerprint density at radius 3 is 2.56 bits per heavy atom. The number of rotatable bonds is 5. The highest BCUT2D eigenvalue weighted by atomic mass is 35.5. The monoisotopic (exact) mass is 360 g/mol. The molecule has 1 saturated carbocycles. The quantitative estimate of drug-likeness (QED) is 0.624. The molecule has 0 spiro atoms. The van der Waals surface area contributed by atoms with E-state index in [1.54, 1.807) is 6.07 Å². The van der Waals surface area contributed by atoms with Crippen LogP contribution in [0.2, 0.25) is 5.02 Å². The van der Waals surface area contributed by atoms with Gasteiger partial charge < -0.3 is 14.8 Å². The molecule has 0 amide bonds. The Labute approximate surface area is 149 Å². The lowest BCUT2D eigenvalue weighted by Gasteiger charge is -2.24. The van der Waals surface area contributed by atoms with E-state index in [-0.39, 0.29) is 11.7 Å². The van der Waals surface area contributed by atoms with Crippen molar-refractivity contribution in [2.24, 2.45) is 5.92 Å². The van der Waals surface area contributed by atoms with E-state index >= 15 is 0 Å². The van der Waals surface area contributed by atoms with Gasteiger partial charge in [-0.2, -0.15) is 0 Å². The molecule has 0 bridgehead atoms. The number of hydrogen-bond donors (Lipinski definition) is 1. The summed E-state index contributed by atoms with van der Waals surface area (Å²) < 4.78 is 11.3. The standard InChI is InChI=1S/C18H17ClN2O4/c19-14-10-13(21(22)23)4-5-15(14)20-18(11-1-2-11)12-3-6-16-17(9-12)25-8-7-24-16/h3-6,9-11,18,20H,1-2,7-8H2/t18-/m1/s1. The van der Waals surface area contributed by atoms with Crippen molar-refractivity contribution in [3.8, 4) is 11.5 Å². The summed E-state index contributed by atoms with van der Waals surface area (Å²) in [7, 11) is 0. The topological polar surface area (TPSA) is 73.6 Å². The lowest BCUT2D eigenvalue weighted by Crippen LogP contribution is -2.17. The summed E-state index contributed by atoms with van der Waals surface area (Å²) in [5.41, 5.74) is 1.78. The van der Waals surface area contributed by atoms with Crippen LogP contribution in [0.4, 0.5) is 11.4 Å². The first-order chi connectivity index (χ1) is 12.1. The van der Waals surface area contributed by atoms with Crippen LogP contribution in [-0.2, 0) is 0 Å². The third-order valence-electron chi connectivity index (χ3n) is 4.49. The summed E-state index contributed by atoms with van der Waals surface area (Å²) in [5.74, 6) is 2.03. The molecule has 1 atom stereocenters. The first-order valence-corrected chi connectivity index (χ1v) is 8.59. The second kappa shape index (κ2) is 6.44. The summed E-state index contributed by atoms with van der Waals surface area (Å²) in [6.45, 7) is 1.11. The Balaban J connectivity index is 1.61. The van der Waals surface area contributed by atoms with Gasteiger partial charge in [0, 0.05) is 12.1 Å². The zero-order valence-electron chi connectivity index (χ0n) is 13.4. The van der Waals surface area contributed by atoms with Crippen LogP contribution in [0.5, 0.6) is 11.5 Å². The zero-order valence-corrected chi connectivity index (χ0v) is 14.2. The fraction of sp³-hybridized carbons (Fsp3) is 0.333. The van der Waals surface area contributed by atoms with E-state index in [1.165, 1.54) is 12.1 Å². The molecule has 1 aliphatic heterocycles. The molecule has 130 valence electrons. The number of anilines is 1. The van der Waals surface area contributed by atoms with Gasteiger partial charge in [-0.25, -0.2) is 0 Å². The lowest BCUT2D eigenvalue weighted by atomic mass is 10.0. The van der Waals surface area contributed by atoms with Gasteiger partial charge >= 0.3 is 0 Å². The number of ether oxygens (including phenoxy) is 2. The van der Waals surface area contributed by atoms with Crippen LogP contribution < -0.4 is 14.8 Å². The van der Waals surface area contributed by atoms with Crippen LogP contribution >= 0.6 is 11.6 Å². The highest BCUT2D eigenvalue weighted by Crippen LogP contribution is 2.45. The Morgan fingerprint density at radius 2 is 1.88 bits per heavy atom. The Morgan fingerprint density at radius 1 is 1.12 bits per heavy atom. The first-order valence-electron chi connectivity index (χ1n) is 8.22. The van der Waals surface area contributed by atoms with Gasteiger partial charge in [-0.1, -0.05) is 17.7 Å². The van der Waals surface area contributed by atoms with Crippen molar-refractivity contribution in [1.29, 1.82) is 0 Å². The Hall–Kier alpha value is -2.47. The van der Waals surface area contributed by atoms with E-state index in [4.69, 9.17) is 21.1 Å². The highest BCUT2D eigenvalue weighted by Gasteiger charge is 2.33. The molecular weight excluding hydrogens is 344 g/mol. The van der Waals surface area contributed by atoms with Crippen LogP contribution in [-0.4, -0.2) is 18.1 Å². The summed E-state index contributed by atoms with van der Waals surface area (Å²) in [4.78, 5) is 10.4. The molecule has 1 aliphatic carbocycles. The molecule has 2 aliphatic rings. The highest BCUT2D eigenvalue weighted by molar-refractivity contribution is 6.33. The van der Waals surface area contributed by atoms with E-state index in [0.717, 1.165) is 29.9 Å². The molecule has 4 rings (SSSR count). The third kappa shape index (κ3) is 3.35. The van der Waals surface area contributed by atoms with Crippen molar-refractivity contribution < 1.29 is 14.4 Å². The maximum atomic E-state index is 10.9. The predicted octanol–water partition coefficient (Wildman–Crippen LogP) is 4.58. The lowest BCUT2D eigenvalue weighted by molar-refractivity contribution is -0.384. The number of nitro groups is 1. The van der Waals surface area contributed by atoms with Crippen LogP contribution in [0.25, 0.3) is 0 Å². The van der Waals surface area contributed by atoms with Crippen LogP contribution in [0.15, 0.2) is 36.4 Å². The Bertz CT molecular complexity index is 823. The SMILES string of the molecule is O=[N+]([O-])c1ccc(N[C@@H](c2ccc3c(c2)OCCO3)C2CC2)c(Cl)c1. The maximum absolute atomic E-state index is 10.9. The van der Waals surface area contributed by atoms with Crippen molar-refractivity contribution in [3.05, 3.63) is 57.1 Å². The number of halogens is 1. The minimum absolute atomic E-state index is 0.0159. The number of nitro benzene ring substituents is 1. The summed E-state index contributed by atoms with van der Waals surface area (Å²) in [5, 5.41) is 14.7. The van der Waals surface area contributed by atoms with Gasteiger partial charge in [0.05, 0.1) is 21.7 Å². The molecule has 2 aromatic rings. The van der Waals surface area contributed by atoms with Gasteiger partial charge in [0.1, 0.15) is 13.2 Å². The molecular formula is C18H17ClN2O4. The number of nitrogens with one attached hydrogen (secondary N) is 1. The minimum Gasteiger partial charge on any atom is -0.486 e. The van der Waals surface area contributed by atoms with Gasteiger partial charge in [-0.3, -0.25) is 10.1 Å². The maximum Gasteiger partial charge on any atom is 0.271 e. The van der Waals surface area contributed by atoms with Crippen molar-refractivity contribution >= 4 is 23.0 Å². The molecule has 25 heavy (non-hydrogen) atoms. The third-order valence-corrected chi connectivity index (χ3v) is 4.81. The first kappa shape index (κ1) is 16.0. The van der Waals surface area contributed by atoms with E-state index in [1.807, 2.05) is 18.2 Å². The fourth-order valence-electron chi connectivity index (χ4n) is 3.06. The number of non-ortho nitro benzene ring substituents is 1. The van der Waals surface area contributed by atoms with E-state index in [2.05, 4.69) is 5.32 Å². The molecule has 6 nitrogen and oxygen atoms in total. The van der Waals surface area contributed by atoms with E-state index < -0.39 is 4.92 Å². The van der Waals surface area contributed by atoms with Gasteiger partial charge in [0.15, 0.2) is 11.5 Å². The second-order valence-corrected chi connectivity index (χ2v) is 6.69. The fourth-order valence-corrected chi connectivity index (χ4v) is 3.29.